The number of piperazine rings is 1. The first-order valence-corrected chi connectivity index (χ1v) is 10.6. The molecule has 0 atom stereocenters. The number of nitrogens with one attached hydrogen (secondary N) is 1. The summed E-state index contributed by atoms with van der Waals surface area (Å²) in [5.41, 5.74) is -0.761. The van der Waals surface area contributed by atoms with Crippen molar-refractivity contribution in [1.82, 2.24) is 20.1 Å². The van der Waals surface area contributed by atoms with Crippen LogP contribution < -0.4 is 10.2 Å². The third-order valence-electron chi connectivity index (χ3n) is 5.22. The van der Waals surface area contributed by atoms with Crippen molar-refractivity contribution in [3.05, 3.63) is 76.7 Å². The Balaban J connectivity index is 1.37. The fourth-order valence-corrected chi connectivity index (χ4v) is 3.69. The molecule has 2 amide bonds. The van der Waals surface area contributed by atoms with E-state index in [0.29, 0.717) is 24.6 Å². The van der Waals surface area contributed by atoms with Gasteiger partial charge in [-0.2, -0.15) is 13.2 Å². The van der Waals surface area contributed by atoms with Gasteiger partial charge in [-0.05, 0) is 36.4 Å². The van der Waals surface area contributed by atoms with Crippen LogP contribution >= 0.6 is 11.6 Å². The van der Waals surface area contributed by atoms with Gasteiger partial charge in [0.25, 0.3) is 11.8 Å². The maximum atomic E-state index is 13.3. The van der Waals surface area contributed by atoms with Crippen molar-refractivity contribution in [2.45, 2.75) is 6.18 Å². The van der Waals surface area contributed by atoms with Crippen molar-refractivity contribution in [3.8, 4) is 0 Å². The average molecular weight is 491 g/mol. The van der Waals surface area contributed by atoms with Crippen molar-refractivity contribution in [3.63, 3.8) is 0 Å². The van der Waals surface area contributed by atoms with Gasteiger partial charge in [-0.3, -0.25) is 9.59 Å². The summed E-state index contributed by atoms with van der Waals surface area (Å²) in [6, 6.07) is 11.0. The molecule has 8 nitrogen and oxygen atoms in total. The van der Waals surface area contributed by atoms with Gasteiger partial charge < -0.3 is 15.1 Å². The molecule has 0 saturated carbocycles. The SMILES string of the molecule is O=C(Nc1ccnc(Cl)c1)c1ccc(N2CCN(C(=O)c3ccccc3C(F)(F)F)CC2)nn1. The highest BCUT2D eigenvalue weighted by Gasteiger charge is 2.36. The van der Waals surface area contributed by atoms with Crippen molar-refractivity contribution in [2.24, 2.45) is 0 Å². The molecule has 1 aliphatic rings. The zero-order chi connectivity index (χ0) is 24.3. The monoisotopic (exact) mass is 490 g/mol. The number of hydrogen-bond acceptors (Lipinski definition) is 6. The standard InChI is InChI=1S/C22H18ClF3N6O2/c23-18-13-14(7-8-27-18)28-20(33)17-5-6-19(30-29-17)31-9-11-32(12-10-31)21(34)15-3-1-2-4-16(15)22(24,25)26/h1-8,13H,9-12H2,(H,27,28,33). The number of benzene rings is 1. The molecule has 12 heteroatoms. The zero-order valence-electron chi connectivity index (χ0n) is 17.6. The molecule has 1 fully saturated rings. The molecule has 1 saturated heterocycles. The lowest BCUT2D eigenvalue weighted by molar-refractivity contribution is -0.138. The van der Waals surface area contributed by atoms with Crippen LogP contribution in [0.2, 0.25) is 5.15 Å². The normalized spacial score (nSPS) is 14.1. The van der Waals surface area contributed by atoms with Crippen molar-refractivity contribution < 1.29 is 22.8 Å². The van der Waals surface area contributed by atoms with E-state index in [4.69, 9.17) is 11.6 Å². The molecule has 0 bridgehead atoms. The Morgan fingerprint density at radius 1 is 0.971 bits per heavy atom. The summed E-state index contributed by atoms with van der Waals surface area (Å²) in [7, 11) is 0. The summed E-state index contributed by atoms with van der Waals surface area (Å²) in [5.74, 6) is -0.645. The van der Waals surface area contributed by atoms with Crippen LogP contribution in [0, 0.1) is 0 Å². The maximum Gasteiger partial charge on any atom is 0.417 e. The first-order chi connectivity index (χ1) is 16.2. The lowest BCUT2D eigenvalue weighted by Gasteiger charge is -2.35. The number of aromatic nitrogens is 3. The fourth-order valence-electron chi connectivity index (χ4n) is 3.52. The number of hydrogen-bond donors (Lipinski definition) is 1. The minimum absolute atomic E-state index is 0.0919. The van der Waals surface area contributed by atoms with Crippen LogP contribution in [0.3, 0.4) is 0 Å². The molecule has 0 aliphatic carbocycles. The van der Waals surface area contributed by atoms with E-state index in [1.165, 1.54) is 41.4 Å². The third-order valence-corrected chi connectivity index (χ3v) is 5.43. The van der Waals surface area contributed by atoms with Gasteiger partial charge in [0, 0.05) is 38.1 Å². The number of halogens is 4. The Kier molecular flexibility index (Phi) is 6.64. The number of carbonyl (C=O) groups is 2. The second-order valence-corrected chi connectivity index (χ2v) is 7.81. The van der Waals surface area contributed by atoms with Gasteiger partial charge in [0.05, 0.1) is 11.1 Å². The number of alkyl halides is 3. The highest BCUT2D eigenvalue weighted by atomic mass is 35.5. The van der Waals surface area contributed by atoms with Gasteiger partial charge in [0.15, 0.2) is 11.5 Å². The lowest BCUT2D eigenvalue weighted by Crippen LogP contribution is -2.49. The molecule has 3 aromatic rings. The summed E-state index contributed by atoms with van der Waals surface area (Å²) >= 11 is 5.80. The highest BCUT2D eigenvalue weighted by molar-refractivity contribution is 6.29. The first-order valence-electron chi connectivity index (χ1n) is 10.2. The largest absolute Gasteiger partial charge is 0.417 e. The molecule has 2 aromatic heterocycles. The molecule has 0 unspecified atom stereocenters. The summed E-state index contributed by atoms with van der Waals surface area (Å²) in [6.07, 6.45) is -3.15. The van der Waals surface area contributed by atoms with Crippen LogP contribution in [0.4, 0.5) is 24.7 Å². The van der Waals surface area contributed by atoms with E-state index in [0.717, 1.165) is 6.07 Å². The van der Waals surface area contributed by atoms with Crippen LogP contribution in [-0.2, 0) is 6.18 Å². The fraction of sp³-hybridized carbons (Fsp3) is 0.227. The molecule has 0 radical (unpaired) electrons. The number of carbonyl (C=O) groups excluding carboxylic acids is 2. The second kappa shape index (κ2) is 9.64. The van der Waals surface area contributed by atoms with Gasteiger partial charge in [-0.25, -0.2) is 4.98 Å². The van der Waals surface area contributed by atoms with E-state index in [9.17, 15) is 22.8 Å². The van der Waals surface area contributed by atoms with Crippen molar-refractivity contribution >= 4 is 34.9 Å². The molecule has 0 spiro atoms. The number of rotatable bonds is 4. The van der Waals surface area contributed by atoms with Crippen LogP contribution in [0.5, 0.6) is 0 Å². The quantitative estimate of drug-likeness (QED) is 0.560. The Morgan fingerprint density at radius 3 is 2.35 bits per heavy atom. The summed E-state index contributed by atoms with van der Waals surface area (Å²) in [4.78, 5) is 32.1. The smallest absolute Gasteiger partial charge is 0.352 e. The first kappa shape index (κ1) is 23.4. The van der Waals surface area contributed by atoms with Gasteiger partial charge in [0.2, 0.25) is 0 Å². The number of pyridine rings is 1. The molecular weight excluding hydrogens is 473 g/mol. The molecule has 34 heavy (non-hydrogen) atoms. The second-order valence-electron chi connectivity index (χ2n) is 7.42. The van der Waals surface area contributed by atoms with Gasteiger partial charge in [-0.1, -0.05) is 23.7 Å². The summed E-state index contributed by atoms with van der Waals surface area (Å²) in [6.45, 7) is 1.15. The maximum absolute atomic E-state index is 13.3. The Bertz CT molecular complexity index is 1200. The number of amides is 2. The van der Waals surface area contributed by atoms with E-state index in [1.54, 1.807) is 12.1 Å². The Hall–Kier alpha value is -3.73. The van der Waals surface area contributed by atoms with E-state index in [2.05, 4.69) is 20.5 Å². The van der Waals surface area contributed by atoms with E-state index in [-0.39, 0.29) is 29.5 Å². The summed E-state index contributed by atoms with van der Waals surface area (Å²) < 4.78 is 39.8. The Morgan fingerprint density at radius 2 is 1.71 bits per heavy atom. The zero-order valence-corrected chi connectivity index (χ0v) is 18.3. The van der Waals surface area contributed by atoms with Crippen molar-refractivity contribution in [1.29, 1.82) is 0 Å². The van der Waals surface area contributed by atoms with Crippen molar-refractivity contribution in [2.75, 3.05) is 36.4 Å². The summed E-state index contributed by atoms with van der Waals surface area (Å²) in [5, 5.41) is 10.9. The van der Waals surface area contributed by atoms with Gasteiger partial charge in [-0.15, -0.1) is 10.2 Å². The molecule has 4 rings (SSSR count). The predicted octanol–water partition coefficient (Wildman–Crippen LogP) is 3.76. The minimum atomic E-state index is -4.61. The van der Waals surface area contributed by atoms with Gasteiger partial charge >= 0.3 is 6.18 Å². The molecule has 176 valence electrons. The molecule has 1 aliphatic heterocycles. The minimum Gasteiger partial charge on any atom is -0.352 e. The molecule has 1 aromatic carbocycles. The van der Waals surface area contributed by atoms with E-state index < -0.39 is 23.6 Å². The molecular formula is C22H18ClF3N6O2. The average Bonchev–Trinajstić information content (AvgIpc) is 2.83. The predicted molar refractivity (Wildman–Crippen MR) is 119 cm³/mol. The molecule has 1 N–H and O–H groups in total. The topological polar surface area (TPSA) is 91.3 Å². The van der Waals surface area contributed by atoms with E-state index in [1.807, 2.05) is 4.90 Å². The lowest BCUT2D eigenvalue weighted by atomic mass is 10.1. The Labute approximate surface area is 197 Å². The molecule has 3 heterocycles. The number of anilines is 2. The van der Waals surface area contributed by atoms with Gasteiger partial charge in [0.1, 0.15) is 5.15 Å². The number of nitrogens with zero attached hydrogens (tertiary/aromatic N) is 5. The van der Waals surface area contributed by atoms with Crippen LogP contribution in [-0.4, -0.2) is 58.1 Å². The van der Waals surface area contributed by atoms with E-state index >= 15 is 0 Å². The highest BCUT2D eigenvalue weighted by Crippen LogP contribution is 2.32. The van der Waals surface area contributed by atoms with Crippen LogP contribution in [0.1, 0.15) is 26.4 Å². The third kappa shape index (κ3) is 5.25. The van der Waals surface area contributed by atoms with Crippen LogP contribution in [0.15, 0.2) is 54.7 Å². The van der Waals surface area contributed by atoms with Crippen LogP contribution in [0.25, 0.3) is 0 Å².